The number of ether oxygens (including phenoxy) is 2. The zero-order valence-electron chi connectivity index (χ0n) is 15.1. The van der Waals surface area contributed by atoms with Gasteiger partial charge >= 0.3 is 12.2 Å². The van der Waals surface area contributed by atoms with Crippen LogP contribution in [0.25, 0.3) is 0 Å². The molecule has 0 bridgehead atoms. The molecule has 7 nitrogen and oxygen atoms in total. The lowest BCUT2D eigenvalue weighted by atomic mass is 10.2. The molecule has 1 N–H and O–H groups in total. The number of nitrogens with zero attached hydrogens (tertiary/aromatic N) is 3. The SMILES string of the molecule is COC[C@@H](C1CC1)n1nc(C)nc(Nc2c(Cl)cc(OC(F)F)cc2Cl)c1=O. The maximum Gasteiger partial charge on any atom is 0.387 e. The summed E-state index contributed by atoms with van der Waals surface area (Å²) in [5, 5.41) is 7.05. The van der Waals surface area contributed by atoms with Crippen LogP contribution in [0.1, 0.15) is 24.7 Å². The van der Waals surface area contributed by atoms with Crippen molar-refractivity contribution in [1.29, 1.82) is 0 Å². The fourth-order valence-electron chi connectivity index (χ4n) is 2.86. The Kier molecular flexibility index (Phi) is 6.36. The molecule has 3 rings (SSSR count). The summed E-state index contributed by atoms with van der Waals surface area (Å²) in [5.74, 6) is 0.466. The van der Waals surface area contributed by atoms with Gasteiger partial charge in [-0.3, -0.25) is 4.79 Å². The van der Waals surface area contributed by atoms with Crippen molar-refractivity contribution >= 4 is 34.7 Å². The van der Waals surface area contributed by atoms with Gasteiger partial charge in [0.15, 0.2) is 0 Å². The molecule has 0 unspecified atom stereocenters. The number of nitrogens with one attached hydrogen (secondary N) is 1. The van der Waals surface area contributed by atoms with Gasteiger partial charge in [-0.15, -0.1) is 0 Å². The van der Waals surface area contributed by atoms with Crippen LogP contribution in [0.5, 0.6) is 5.75 Å². The van der Waals surface area contributed by atoms with Crippen LogP contribution in [0.4, 0.5) is 20.3 Å². The molecule has 1 aromatic heterocycles. The van der Waals surface area contributed by atoms with Crippen LogP contribution in [0, 0.1) is 12.8 Å². The zero-order valence-corrected chi connectivity index (χ0v) is 16.6. The molecule has 0 aliphatic heterocycles. The molecule has 1 aliphatic carbocycles. The van der Waals surface area contributed by atoms with Gasteiger partial charge in [-0.05, 0) is 25.7 Å². The molecule has 0 spiro atoms. The number of hydrogen-bond donors (Lipinski definition) is 1. The van der Waals surface area contributed by atoms with E-state index in [-0.39, 0.29) is 33.3 Å². The maximum atomic E-state index is 12.9. The first-order valence-electron chi connectivity index (χ1n) is 8.47. The Morgan fingerprint density at radius 2 is 1.96 bits per heavy atom. The third-order valence-electron chi connectivity index (χ3n) is 4.24. The Morgan fingerprint density at radius 1 is 1.32 bits per heavy atom. The van der Waals surface area contributed by atoms with Crippen molar-refractivity contribution in [2.75, 3.05) is 19.0 Å². The second-order valence-electron chi connectivity index (χ2n) is 6.38. The average molecular weight is 435 g/mol. The van der Waals surface area contributed by atoms with E-state index >= 15 is 0 Å². The molecule has 152 valence electrons. The fraction of sp³-hybridized carbons (Fsp3) is 0.471. The van der Waals surface area contributed by atoms with Gasteiger partial charge in [-0.25, -0.2) is 9.67 Å². The topological polar surface area (TPSA) is 78.3 Å². The summed E-state index contributed by atoms with van der Waals surface area (Å²) in [4.78, 5) is 17.1. The average Bonchev–Trinajstić information content (AvgIpc) is 3.43. The Morgan fingerprint density at radius 3 is 2.50 bits per heavy atom. The Hall–Kier alpha value is -1.97. The summed E-state index contributed by atoms with van der Waals surface area (Å²) in [5.41, 5.74) is -0.305. The molecular weight excluding hydrogens is 417 g/mol. The molecule has 1 aliphatic rings. The van der Waals surface area contributed by atoms with Crippen molar-refractivity contribution in [1.82, 2.24) is 14.8 Å². The van der Waals surface area contributed by atoms with E-state index in [1.807, 2.05) is 0 Å². The van der Waals surface area contributed by atoms with Gasteiger partial charge < -0.3 is 14.8 Å². The summed E-state index contributed by atoms with van der Waals surface area (Å²) >= 11 is 12.3. The van der Waals surface area contributed by atoms with E-state index in [2.05, 4.69) is 20.1 Å². The zero-order chi connectivity index (χ0) is 20.4. The highest BCUT2D eigenvalue weighted by molar-refractivity contribution is 6.39. The standard InChI is InChI=1S/C17H18Cl2F2N4O3/c1-8-22-15(16(26)25(24-8)13(7-27-2)9-3-4-9)23-14-11(18)5-10(6-12(14)19)28-17(20)21/h5-6,9,13,17H,3-4,7H2,1-2H3,(H,22,23,24)/t13-/m0/s1. The molecule has 0 saturated heterocycles. The number of rotatable bonds is 8. The molecule has 0 amide bonds. The van der Waals surface area contributed by atoms with E-state index < -0.39 is 12.2 Å². The van der Waals surface area contributed by atoms with Crippen molar-refractivity contribution in [3.63, 3.8) is 0 Å². The monoisotopic (exact) mass is 434 g/mol. The van der Waals surface area contributed by atoms with Gasteiger partial charge in [0.25, 0.3) is 0 Å². The molecule has 1 saturated carbocycles. The summed E-state index contributed by atoms with van der Waals surface area (Å²) in [6.07, 6.45) is 1.99. The highest BCUT2D eigenvalue weighted by atomic mass is 35.5. The minimum atomic E-state index is -3.01. The fourth-order valence-corrected chi connectivity index (χ4v) is 3.43. The summed E-state index contributed by atoms with van der Waals surface area (Å²) in [6.45, 7) is -1.01. The normalized spacial score (nSPS) is 15.0. The van der Waals surface area contributed by atoms with E-state index in [9.17, 15) is 13.6 Å². The van der Waals surface area contributed by atoms with Crippen molar-refractivity contribution < 1.29 is 18.3 Å². The van der Waals surface area contributed by atoms with Gasteiger partial charge in [-0.1, -0.05) is 23.2 Å². The van der Waals surface area contributed by atoms with Crippen LogP contribution < -0.4 is 15.6 Å². The van der Waals surface area contributed by atoms with E-state index in [0.717, 1.165) is 12.8 Å². The Balaban J connectivity index is 1.96. The highest BCUT2D eigenvalue weighted by Gasteiger charge is 2.34. The molecule has 0 radical (unpaired) electrons. The quantitative estimate of drug-likeness (QED) is 0.670. The van der Waals surface area contributed by atoms with Crippen molar-refractivity contribution in [2.45, 2.75) is 32.4 Å². The minimum Gasteiger partial charge on any atom is -0.435 e. The van der Waals surface area contributed by atoms with Gasteiger partial charge in [0.05, 0.1) is 28.4 Å². The van der Waals surface area contributed by atoms with Crippen molar-refractivity contribution in [3.05, 3.63) is 38.4 Å². The van der Waals surface area contributed by atoms with Gasteiger partial charge in [0.1, 0.15) is 11.6 Å². The number of alkyl halides is 2. The van der Waals surface area contributed by atoms with Gasteiger partial charge in [0, 0.05) is 19.2 Å². The maximum absolute atomic E-state index is 12.9. The Bertz CT molecular complexity index is 899. The van der Waals surface area contributed by atoms with Crippen LogP contribution >= 0.6 is 23.2 Å². The number of aromatic nitrogens is 3. The molecule has 28 heavy (non-hydrogen) atoms. The molecule has 1 aromatic carbocycles. The van der Waals surface area contributed by atoms with E-state index in [4.69, 9.17) is 27.9 Å². The molecular formula is C17H18Cl2F2N4O3. The van der Waals surface area contributed by atoms with E-state index in [1.54, 1.807) is 14.0 Å². The van der Waals surface area contributed by atoms with E-state index in [1.165, 1.54) is 16.8 Å². The second kappa shape index (κ2) is 8.59. The lowest BCUT2D eigenvalue weighted by Crippen LogP contribution is -2.34. The largest absolute Gasteiger partial charge is 0.435 e. The number of anilines is 2. The van der Waals surface area contributed by atoms with Crippen LogP contribution in [0.15, 0.2) is 16.9 Å². The highest BCUT2D eigenvalue weighted by Crippen LogP contribution is 2.39. The lowest BCUT2D eigenvalue weighted by molar-refractivity contribution is -0.0498. The summed E-state index contributed by atoms with van der Waals surface area (Å²) in [6, 6.07) is 2.14. The molecule has 2 aromatic rings. The van der Waals surface area contributed by atoms with Gasteiger partial charge in [-0.2, -0.15) is 13.9 Å². The molecule has 1 fully saturated rings. The van der Waals surface area contributed by atoms with Crippen molar-refractivity contribution in [3.8, 4) is 5.75 Å². The van der Waals surface area contributed by atoms with Crippen LogP contribution in [0.2, 0.25) is 10.0 Å². The summed E-state index contributed by atoms with van der Waals surface area (Å²) in [7, 11) is 1.57. The van der Waals surface area contributed by atoms with Crippen LogP contribution in [-0.4, -0.2) is 35.1 Å². The number of halogens is 4. The van der Waals surface area contributed by atoms with Gasteiger partial charge in [0.2, 0.25) is 5.82 Å². The molecule has 11 heteroatoms. The smallest absolute Gasteiger partial charge is 0.387 e. The first-order valence-corrected chi connectivity index (χ1v) is 9.23. The third-order valence-corrected chi connectivity index (χ3v) is 4.83. The van der Waals surface area contributed by atoms with Crippen LogP contribution in [0.3, 0.4) is 0 Å². The Labute approximate surface area is 169 Å². The number of hydrogen-bond acceptors (Lipinski definition) is 6. The minimum absolute atomic E-state index is 0.000926. The second-order valence-corrected chi connectivity index (χ2v) is 7.20. The van der Waals surface area contributed by atoms with Crippen LogP contribution in [-0.2, 0) is 4.74 Å². The predicted octanol–water partition coefficient (Wildman–Crippen LogP) is 4.20. The lowest BCUT2D eigenvalue weighted by Gasteiger charge is -2.19. The summed E-state index contributed by atoms with van der Waals surface area (Å²) < 4.78 is 35.7. The number of benzene rings is 1. The molecule has 1 atom stereocenters. The van der Waals surface area contributed by atoms with E-state index in [0.29, 0.717) is 18.3 Å². The molecule has 1 heterocycles. The number of aryl methyl sites for hydroxylation is 1. The van der Waals surface area contributed by atoms with Crippen molar-refractivity contribution in [2.24, 2.45) is 5.92 Å². The first-order chi connectivity index (χ1) is 13.3. The third kappa shape index (κ3) is 4.71. The number of methoxy groups -OCH3 is 1. The first kappa shape index (κ1) is 20.8. The predicted molar refractivity (Wildman–Crippen MR) is 101 cm³/mol.